The Morgan fingerprint density at radius 3 is 2.59 bits per heavy atom. The van der Waals surface area contributed by atoms with E-state index >= 15 is 0 Å². The number of benzene rings is 1. The number of carbonyl (C=O) groups is 2. The molecule has 0 bridgehead atoms. The van der Waals surface area contributed by atoms with Crippen molar-refractivity contribution in [3.8, 4) is 5.75 Å². The van der Waals surface area contributed by atoms with Crippen molar-refractivity contribution in [1.29, 1.82) is 0 Å². The van der Waals surface area contributed by atoms with E-state index in [2.05, 4.69) is 5.32 Å². The van der Waals surface area contributed by atoms with Crippen molar-refractivity contribution in [2.24, 2.45) is 0 Å². The molecule has 0 radical (unpaired) electrons. The first-order chi connectivity index (χ1) is 10.4. The third-order valence-electron chi connectivity index (χ3n) is 3.26. The molecule has 0 aliphatic heterocycles. The van der Waals surface area contributed by atoms with Crippen LogP contribution in [0, 0.1) is 13.8 Å². The zero-order valence-electron chi connectivity index (χ0n) is 13.2. The molecule has 22 heavy (non-hydrogen) atoms. The van der Waals surface area contributed by atoms with Crippen LogP contribution < -0.4 is 10.1 Å². The average Bonchev–Trinajstić information content (AvgIpc) is 2.46. The maximum Gasteiger partial charge on any atom is 0.328 e. The van der Waals surface area contributed by atoms with Crippen LogP contribution in [0.3, 0.4) is 0 Å². The van der Waals surface area contributed by atoms with Crippen LogP contribution in [-0.4, -0.2) is 43.3 Å². The van der Waals surface area contributed by atoms with Crippen LogP contribution in [0.15, 0.2) is 18.2 Å². The highest BCUT2D eigenvalue weighted by Crippen LogP contribution is 2.16. The van der Waals surface area contributed by atoms with E-state index in [1.807, 2.05) is 32.0 Å². The van der Waals surface area contributed by atoms with Crippen LogP contribution in [0.1, 0.15) is 24.0 Å². The molecule has 122 valence electrons. The number of amides is 1. The lowest BCUT2D eigenvalue weighted by Crippen LogP contribution is -2.43. The number of carboxylic acids is 1. The van der Waals surface area contributed by atoms with Crippen molar-refractivity contribution in [2.45, 2.75) is 32.7 Å². The molecule has 1 aromatic rings. The van der Waals surface area contributed by atoms with Gasteiger partial charge in [-0.25, -0.2) is 4.79 Å². The largest absolute Gasteiger partial charge is 0.494 e. The van der Waals surface area contributed by atoms with E-state index in [1.54, 1.807) is 0 Å². The number of hydrogen-bond donors (Lipinski definition) is 2. The number of methoxy groups -OCH3 is 1. The predicted octanol–water partition coefficient (Wildman–Crippen LogP) is 1.68. The van der Waals surface area contributed by atoms with Crippen molar-refractivity contribution < 1.29 is 24.2 Å². The highest BCUT2D eigenvalue weighted by Gasteiger charge is 2.19. The molecular weight excluding hydrogens is 286 g/mol. The summed E-state index contributed by atoms with van der Waals surface area (Å²) < 4.78 is 10.3. The Morgan fingerprint density at radius 2 is 2.00 bits per heavy atom. The van der Waals surface area contributed by atoms with Gasteiger partial charge in [0.15, 0.2) is 6.04 Å². The number of nitrogens with one attached hydrogen (secondary N) is 1. The molecule has 1 atom stereocenters. The number of ether oxygens (including phenoxy) is 2. The second-order valence-corrected chi connectivity index (χ2v) is 5.11. The fourth-order valence-corrected chi connectivity index (χ4v) is 1.83. The van der Waals surface area contributed by atoms with Crippen LogP contribution in [0.2, 0.25) is 0 Å². The molecule has 6 heteroatoms. The molecule has 1 unspecified atom stereocenters. The maximum absolute atomic E-state index is 11.7. The summed E-state index contributed by atoms with van der Waals surface area (Å²) in [4.78, 5) is 22.5. The zero-order chi connectivity index (χ0) is 16.5. The van der Waals surface area contributed by atoms with Crippen molar-refractivity contribution in [3.63, 3.8) is 0 Å². The summed E-state index contributed by atoms with van der Waals surface area (Å²) in [5.41, 5.74) is 2.35. The number of carbonyl (C=O) groups excluding carboxylic acids is 1. The second kappa shape index (κ2) is 9.04. The van der Waals surface area contributed by atoms with Crippen LogP contribution >= 0.6 is 0 Å². The molecule has 0 heterocycles. The summed E-state index contributed by atoms with van der Waals surface area (Å²) in [6, 6.07) is 4.81. The first-order valence-corrected chi connectivity index (χ1v) is 7.15. The monoisotopic (exact) mass is 309 g/mol. The average molecular weight is 309 g/mol. The summed E-state index contributed by atoms with van der Waals surface area (Å²) in [6.07, 6.45) is 0.719. The Labute approximate surface area is 130 Å². The minimum atomic E-state index is -1.11. The SMILES string of the molecule is COCC(NC(=O)CCCOc1ccc(C)c(C)c1)C(=O)O. The van der Waals surface area contributed by atoms with Crippen LogP contribution in [0.4, 0.5) is 0 Å². The lowest BCUT2D eigenvalue weighted by Gasteiger charge is -2.13. The second-order valence-electron chi connectivity index (χ2n) is 5.11. The molecule has 6 nitrogen and oxygen atoms in total. The minimum Gasteiger partial charge on any atom is -0.494 e. The van der Waals surface area contributed by atoms with Gasteiger partial charge >= 0.3 is 5.97 Å². The van der Waals surface area contributed by atoms with Crippen molar-refractivity contribution in [1.82, 2.24) is 5.32 Å². The van der Waals surface area contributed by atoms with Gasteiger partial charge in [-0.05, 0) is 43.5 Å². The number of aliphatic carboxylic acids is 1. The Bertz CT molecular complexity index is 515. The van der Waals surface area contributed by atoms with Gasteiger partial charge in [-0.1, -0.05) is 6.07 Å². The number of hydrogen-bond acceptors (Lipinski definition) is 4. The summed E-state index contributed by atoms with van der Waals surface area (Å²) in [7, 11) is 1.39. The van der Waals surface area contributed by atoms with Gasteiger partial charge in [-0.15, -0.1) is 0 Å². The molecule has 0 aliphatic carbocycles. The molecule has 0 saturated carbocycles. The Morgan fingerprint density at radius 1 is 1.27 bits per heavy atom. The summed E-state index contributed by atoms with van der Waals surface area (Å²) >= 11 is 0. The molecule has 1 aromatic carbocycles. The van der Waals surface area contributed by atoms with E-state index in [-0.39, 0.29) is 18.9 Å². The molecule has 0 aliphatic rings. The maximum atomic E-state index is 11.7. The number of aryl methyl sites for hydroxylation is 2. The fraction of sp³-hybridized carbons (Fsp3) is 0.500. The van der Waals surface area contributed by atoms with Gasteiger partial charge in [0.2, 0.25) is 5.91 Å². The number of carboxylic acid groups (broad SMARTS) is 1. The quantitative estimate of drug-likeness (QED) is 0.678. The lowest BCUT2D eigenvalue weighted by atomic mass is 10.1. The smallest absolute Gasteiger partial charge is 0.328 e. The highest BCUT2D eigenvalue weighted by atomic mass is 16.5. The van der Waals surface area contributed by atoms with Crippen molar-refractivity contribution >= 4 is 11.9 Å². The predicted molar refractivity (Wildman–Crippen MR) is 82.1 cm³/mol. The third kappa shape index (κ3) is 6.13. The summed E-state index contributed by atoms with van der Waals surface area (Å²) in [6.45, 7) is 4.39. The molecule has 1 rings (SSSR count). The Hall–Kier alpha value is -2.08. The molecular formula is C16H23NO5. The summed E-state index contributed by atoms with van der Waals surface area (Å²) in [5, 5.41) is 11.3. The van der Waals surface area contributed by atoms with Crippen LogP contribution in [0.5, 0.6) is 5.75 Å². The van der Waals surface area contributed by atoms with Crippen molar-refractivity contribution in [3.05, 3.63) is 29.3 Å². The molecule has 2 N–H and O–H groups in total. The van der Waals surface area contributed by atoms with E-state index in [0.717, 1.165) is 11.3 Å². The molecule has 1 amide bonds. The summed E-state index contributed by atoms with van der Waals surface area (Å²) in [5.74, 6) is -0.666. The Kier molecular flexibility index (Phi) is 7.39. The Balaban J connectivity index is 2.29. The van der Waals surface area contributed by atoms with E-state index in [4.69, 9.17) is 14.6 Å². The van der Waals surface area contributed by atoms with Crippen LogP contribution in [-0.2, 0) is 14.3 Å². The topological polar surface area (TPSA) is 84.9 Å². The van der Waals surface area contributed by atoms with Gasteiger partial charge in [0.05, 0.1) is 13.2 Å². The van der Waals surface area contributed by atoms with Crippen LogP contribution in [0.25, 0.3) is 0 Å². The highest BCUT2D eigenvalue weighted by molar-refractivity contribution is 5.83. The standard InChI is InChI=1S/C16H23NO5/c1-11-6-7-13(9-12(11)2)22-8-4-5-15(18)17-14(10-21-3)16(19)20/h6-7,9,14H,4-5,8,10H2,1-3H3,(H,17,18)(H,19,20). The normalized spacial score (nSPS) is 11.8. The van der Waals surface area contributed by atoms with E-state index < -0.39 is 12.0 Å². The molecule has 0 saturated heterocycles. The third-order valence-corrected chi connectivity index (χ3v) is 3.26. The van der Waals surface area contributed by atoms with Crippen molar-refractivity contribution in [2.75, 3.05) is 20.3 Å². The molecule has 0 aromatic heterocycles. The fourth-order valence-electron chi connectivity index (χ4n) is 1.83. The van der Waals surface area contributed by atoms with E-state index in [0.29, 0.717) is 13.0 Å². The van der Waals surface area contributed by atoms with E-state index in [1.165, 1.54) is 12.7 Å². The van der Waals surface area contributed by atoms with E-state index in [9.17, 15) is 9.59 Å². The van der Waals surface area contributed by atoms with Gasteiger partial charge < -0.3 is 19.9 Å². The number of rotatable bonds is 9. The van der Waals surface area contributed by atoms with Gasteiger partial charge in [0, 0.05) is 13.5 Å². The lowest BCUT2D eigenvalue weighted by molar-refractivity contribution is -0.143. The first kappa shape index (κ1) is 18.0. The van der Waals surface area contributed by atoms with Gasteiger partial charge in [-0.2, -0.15) is 0 Å². The molecule has 0 spiro atoms. The molecule has 0 fully saturated rings. The van der Waals surface area contributed by atoms with Gasteiger partial charge in [0.1, 0.15) is 5.75 Å². The first-order valence-electron chi connectivity index (χ1n) is 7.15. The van der Waals surface area contributed by atoms with Gasteiger partial charge in [-0.3, -0.25) is 4.79 Å². The minimum absolute atomic E-state index is 0.0553. The van der Waals surface area contributed by atoms with Gasteiger partial charge in [0.25, 0.3) is 0 Å². The zero-order valence-corrected chi connectivity index (χ0v) is 13.2.